The summed E-state index contributed by atoms with van der Waals surface area (Å²) in [6.45, 7) is 6.61. The molecule has 1 aliphatic heterocycles. The molecule has 1 aromatic rings. The van der Waals surface area contributed by atoms with Gasteiger partial charge in [0.05, 0.1) is 19.3 Å². The van der Waals surface area contributed by atoms with E-state index in [1.54, 1.807) is 19.4 Å². The second kappa shape index (κ2) is 4.87. The van der Waals surface area contributed by atoms with Gasteiger partial charge in [-0.1, -0.05) is 6.92 Å². The van der Waals surface area contributed by atoms with Crippen molar-refractivity contribution in [2.75, 3.05) is 31.7 Å². The van der Waals surface area contributed by atoms with Gasteiger partial charge in [-0.15, -0.1) is 0 Å². The highest BCUT2D eigenvalue weighted by Gasteiger charge is 2.31. The van der Waals surface area contributed by atoms with Crippen LogP contribution in [0.4, 0.5) is 5.95 Å². The van der Waals surface area contributed by atoms with Gasteiger partial charge in [0.1, 0.15) is 0 Å². The minimum Gasteiger partial charge on any atom is -0.481 e. The highest BCUT2D eigenvalue weighted by molar-refractivity contribution is 5.33. The summed E-state index contributed by atoms with van der Waals surface area (Å²) in [6, 6.07) is 1.75. The molecule has 1 aliphatic rings. The van der Waals surface area contributed by atoms with Crippen molar-refractivity contribution in [1.82, 2.24) is 9.97 Å². The van der Waals surface area contributed by atoms with E-state index in [0.29, 0.717) is 18.4 Å². The molecule has 17 heavy (non-hydrogen) atoms. The quantitative estimate of drug-likeness (QED) is 0.797. The maximum atomic E-state index is 5.79. The Hall–Kier alpha value is -1.36. The van der Waals surface area contributed by atoms with E-state index in [-0.39, 0.29) is 5.60 Å². The number of anilines is 1. The first-order valence-corrected chi connectivity index (χ1v) is 5.93. The normalized spacial score (nSPS) is 24.8. The first kappa shape index (κ1) is 12.1. The van der Waals surface area contributed by atoms with E-state index in [1.807, 2.05) is 0 Å². The molecule has 1 aromatic heterocycles. The summed E-state index contributed by atoms with van der Waals surface area (Å²) in [6.07, 6.45) is 2.70. The topological polar surface area (TPSA) is 47.5 Å². The zero-order valence-electron chi connectivity index (χ0n) is 10.6. The van der Waals surface area contributed by atoms with Gasteiger partial charge in [-0.2, -0.15) is 4.98 Å². The monoisotopic (exact) mass is 237 g/mol. The standard InChI is InChI=1S/C12H19N3O2/c1-4-12(2)9-15(7-8-17-12)11-13-6-5-10(14-11)16-3/h5-6H,4,7-9H2,1-3H3. The van der Waals surface area contributed by atoms with Crippen LogP contribution in [0, 0.1) is 0 Å². The van der Waals surface area contributed by atoms with Crippen LogP contribution >= 0.6 is 0 Å². The molecule has 2 rings (SSSR count). The Bertz CT molecular complexity index is 386. The van der Waals surface area contributed by atoms with E-state index in [9.17, 15) is 0 Å². The summed E-state index contributed by atoms with van der Waals surface area (Å²) >= 11 is 0. The number of nitrogens with zero attached hydrogens (tertiary/aromatic N) is 3. The third-order valence-corrected chi connectivity index (χ3v) is 3.19. The Labute approximate surface area is 102 Å². The maximum absolute atomic E-state index is 5.79. The van der Waals surface area contributed by atoms with Crippen molar-refractivity contribution in [1.29, 1.82) is 0 Å². The van der Waals surface area contributed by atoms with Gasteiger partial charge in [0.2, 0.25) is 11.8 Å². The van der Waals surface area contributed by atoms with Gasteiger partial charge in [0.15, 0.2) is 0 Å². The fourth-order valence-corrected chi connectivity index (χ4v) is 1.91. The van der Waals surface area contributed by atoms with E-state index in [4.69, 9.17) is 9.47 Å². The first-order valence-electron chi connectivity index (χ1n) is 5.93. The summed E-state index contributed by atoms with van der Waals surface area (Å²) in [7, 11) is 1.61. The Morgan fingerprint density at radius 3 is 3.12 bits per heavy atom. The molecule has 0 N–H and O–H groups in total. The minimum absolute atomic E-state index is 0.106. The number of ether oxygens (including phenoxy) is 2. The van der Waals surface area contributed by atoms with Crippen molar-refractivity contribution >= 4 is 5.95 Å². The van der Waals surface area contributed by atoms with Crippen molar-refractivity contribution in [3.05, 3.63) is 12.3 Å². The number of rotatable bonds is 3. The average Bonchev–Trinajstić information content (AvgIpc) is 2.39. The van der Waals surface area contributed by atoms with Gasteiger partial charge in [-0.25, -0.2) is 4.98 Å². The van der Waals surface area contributed by atoms with Crippen molar-refractivity contribution < 1.29 is 9.47 Å². The lowest BCUT2D eigenvalue weighted by atomic mass is 10.0. The van der Waals surface area contributed by atoms with Crippen LogP contribution in [0.2, 0.25) is 0 Å². The molecule has 94 valence electrons. The summed E-state index contributed by atoms with van der Waals surface area (Å²) in [5.41, 5.74) is -0.106. The van der Waals surface area contributed by atoms with Crippen molar-refractivity contribution in [3.8, 4) is 5.88 Å². The molecule has 1 atom stereocenters. The van der Waals surface area contributed by atoms with Gasteiger partial charge in [-0.05, 0) is 13.3 Å². The number of hydrogen-bond acceptors (Lipinski definition) is 5. The van der Waals surface area contributed by atoms with Gasteiger partial charge < -0.3 is 14.4 Å². The van der Waals surface area contributed by atoms with Gasteiger partial charge in [-0.3, -0.25) is 0 Å². The highest BCUT2D eigenvalue weighted by atomic mass is 16.5. The lowest BCUT2D eigenvalue weighted by molar-refractivity contribution is -0.0445. The summed E-state index contributed by atoms with van der Waals surface area (Å²) in [4.78, 5) is 10.8. The van der Waals surface area contributed by atoms with Crippen LogP contribution < -0.4 is 9.64 Å². The van der Waals surface area contributed by atoms with Crippen molar-refractivity contribution in [2.24, 2.45) is 0 Å². The minimum atomic E-state index is -0.106. The Morgan fingerprint density at radius 2 is 2.41 bits per heavy atom. The van der Waals surface area contributed by atoms with E-state index >= 15 is 0 Å². The molecule has 0 spiro atoms. The maximum Gasteiger partial charge on any atom is 0.228 e. The largest absolute Gasteiger partial charge is 0.481 e. The van der Waals surface area contributed by atoms with Crippen molar-refractivity contribution in [2.45, 2.75) is 25.9 Å². The van der Waals surface area contributed by atoms with Crippen LogP contribution in [0.5, 0.6) is 5.88 Å². The molecule has 5 heteroatoms. The Balaban J connectivity index is 2.16. The van der Waals surface area contributed by atoms with Gasteiger partial charge in [0.25, 0.3) is 0 Å². The highest BCUT2D eigenvalue weighted by Crippen LogP contribution is 2.24. The predicted molar refractivity (Wildman–Crippen MR) is 65.4 cm³/mol. The third kappa shape index (κ3) is 2.66. The SMILES string of the molecule is CCC1(C)CN(c2nccc(OC)n2)CCO1. The van der Waals surface area contributed by atoms with Gasteiger partial charge >= 0.3 is 0 Å². The second-order valence-electron chi connectivity index (χ2n) is 4.47. The molecule has 1 unspecified atom stereocenters. The molecule has 1 fully saturated rings. The number of methoxy groups -OCH3 is 1. The molecule has 1 saturated heterocycles. The molecule has 0 bridgehead atoms. The van der Waals surface area contributed by atoms with Crippen LogP contribution in [0.3, 0.4) is 0 Å². The molecule has 0 radical (unpaired) electrons. The third-order valence-electron chi connectivity index (χ3n) is 3.19. The lowest BCUT2D eigenvalue weighted by Crippen LogP contribution is -2.50. The fraction of sp³-hybridized carbons (Fsp3) is 0.667. The Kier molecular flexibility index (Phi) is 3.47. The van der Waals surface area contributed by atoms with Crippen LogP contribution in [0.1, 0.15) is 20.3 Å². The molecule has 5 nitrogen and oxygen atoms in total. The van der Waals surface area contributed by atoms with E-state index in [0.717, 1.165) is 19.5 Å². The predicted octanol–water partition coefficient (Wildman–Crippen LogP) is 1.49. The van der Waals surface area contributed by atoms with E-state index in [1.165, 1.54) is 0 Å². The molecule has 0 saturated carbocycles. The van der Waals surface area contributed by atoms with Crippen molar-refractivity contribution in [3.63, 3.8) is 0 Å². The van der Waals surface area contributed by atoms with Gasteiger partial charge in [0, 0.05) is 25.4 Å². The van der Waals surface area contributed by atoms with E-state index < -0.39 is 0 Å². The molecule has 0 aliphatic carbocycles. The molecule has 2 heterocycles. The summed E-state index contributed by atoms with van der Waals surface area (Å²) in [5.74, 6) is 1.31. The smallest absolute Gasteiger partial charge is 0.228 e. The number of hydrogen-bond donors (Lipinski definition) is 0. The fourth-order valence-electron chi connectivity index (χ4n) is 1.91. The summed E-state index contributed by atoms with van der Waals surface area (Å²) in [5, 5.41) is 0. The zero-order chi connectivity index (χ0) is 12.3. The van der Waals surface area contributed by atoms with Crippen LogP contribution in [-0.4, -0.2) is 42.4 Å². The Morgan fingerprint density at radius 1 is 1.59 bits per heavy atom. The zero-order valence-corrected chi connectivity index (χ0v) is 10.6. The second-order valence-corrected chi connectivity index (χ2v) is 4.47. The lowest BCUT2D eigenvalue weighted by Gasteiger charge is -2.40. The molecule has 0 amide bonds. The number of morpholine rings is 1. The van der Waals surface area contributed by atoms with Crippen LogP contribution in [0.25, 0.3) is 0 Å². The summed E-state index contributed by atoms with van der Waals surface area (Å²) < 4.78 is 10.9. The van der Waals surface area contributed by atoms with Crippen LogP contribution in [-0.2, 0) is 4.74 Å². The molecule has 0 aromatic carbocycles. The number of aromatic nitrogens is 2. The average molecular weight is 237 g/mol. The molecular weight excluding hydrogens is 218 g/mol. The molecular formula is C12H19N3O2. The van der Waals surface area contributed by atoms with Crippen LogP contribution in [0.15, 0.2) is 12.3 Å². The van der Waals surface area contributed by atoms with E-state index in [2.05, 4.69) is 28.7 Å². The first-order chi connectivity index (χ1) is 8.17.